The summed E-state index contributed by atoms with van der Waals surface area (Å²) in [5, 5.41) is 2.96. The molecule has 1 unspecified atom stereocenters. The van der Waals surface area contributed by atoms with Crippen molar-refractivity contribution in [1.82, 2.24) is 14.8 Å². The fourth-order valence-electron chi connectivity index (χ4n) is 3.49. The number of rotatable bonds is 7. The molecule has 0 saturated heterocycles. The Morgan fingerprint density at radius 1 is 1.25 bits per heavy atom. The van der Waals surface area contributed by atoms with E-state index >= 15 is 0 Å². The quantitative estimate of drug-likeness (QED) is 0.794. The third kappa shape index (κ3) is 3.98. The molecule has 150 valence electrons. The van der Waals surface area contributed by atoms with Crippen LogP contribution in [0.1, 0.15) is 29.9 Å². The highest BCUT2D eigenvalue weighted by atomic mass is 16.5. The third-order valence-electron chi connectivity index (χ3n) is 4.86. The van der Waals surface area contributed by atoms with Gasteiger partial charge in [-0.15, -0.1) is 0 Å². The van der Waals surface area contributed by atoms with Crippen molar-refractivity contribution in [3.05, 3.63) is 47.8 Å². The van der Waals surface area contributed by atoms with Crippen molar-refractivity contribution in [2.45, 2.75) is 33.0 Å². The van der Waals surface area contributed by atoms with Crippen molar-refractivity contribution in [3.8, 4) is 11.5 Å². The molecule has 1 aromatic heterocycles. The van der Waals surface area contributed by atoms with Crippen LogP contribution in [0.15, 0.2) is 36.5 Å². The van der Waals surface area contributed by atoms with E-state index in [1.165, 1.54) is 0 Å². The van der Waals surface area contributed by atoms with Gasteiger partial charge in [-0.3, -0.25) is 9.59 Å². The topological polar surface area (TPSA) is 72.8 Å². The van der Waals surface area contributed by atoms with E-state index in [9.17, 15) is 9.59 Å². The minimum atomic E-state index is -0.550. The Labute approximate surface area is 165 Å². The average Bonchev–Trinajstić information content (AvgIpc) is 3.16. The van der Waals surface area contributed by atoms with Gasteiger partial charge in [-0.25, -0.2) is 0 Å². The smallest absolute Gasteiger partial charge is 0.271 e. The highest BCUT2D eigenvalue weighted by molar-refractivity contribution is 5.97. The largest absolute Gasteiger partial charge is 0.497 e. The summed E-state index contributed by atoms with van der Waals surface area (Å²) in [4.78, 5) is 27.6. The molecule has 7 nitrogen and oxygen atoms in total. The van der Waals surface area contributed by atoms with Gasteiger partial charge in [-0.1, -0.05) is 13.8 Å². The summed E-state index contributed by atoms with van der Waals surface area (Å²) < 4.78 is 12.5. The van der Waals surface area contributed by atoms with Gasteiger partial charge in [0.2, 0.25) is 5.91 Å². The Bertz CT molecular complexity index is 859. The van der Waals surface area contributed by atoms with Crippen LogP contribution in [-0.4, -0.2) is 48.1 Å². The molecule has 2 aromatic rings. The molecule has 0 saturated carbocycles. The van der Waals surface area contributed by atoms with Crippen LogP contribution in [0.5, 0.6) is 11.5 Å². The first-order chi connectivity index (χ1) is 13.4. The fourth-order valence-corrected chi connectivity index (χ4v) is 3.49. The second kappa shape index (κ2) is 8.37. The van der Waals surface area contributed by atoms with Gasteiger partial charge in [0.25, 0.3) is 5.91 Å². The zero-order valence-electron chi connectivity index (χ0n) is 16.8. The maximum atomic E-state index is 13.0. The summed E-state index contributed by atoms with van der Waals surface area (Å²) in [7, 11) is 3.18. The summed E-state index contributed by atoms with van der Waals surface area (Å²) in [6.07, 6.45) is 1.84. The lowest BCUT2D eigenvalue weighted by atomic mass is 10.1. The maximum absolute atomic E-state index is 13.0. The molecule has 1 aromatic carbocycles. The minimum absolute atomic E-state index is 0.107. The molecule has 0 aliphatic carbocycles. The van der Waals surface area contributed by atoms with Crippen molar-refractivity contribution in [2.75, 3.05) is 20.8 Å². The van der Waals surface area contributed by atoms with Gasteiger partial charge < -0.3 is 24.3 Å². The van der Waals surface area contributed by atoms with Crippen molar-refractivity contribution in [1.29, 1.82) is 0 Å². The van der Waals surface area contributed by atoms with Crippen molar-refractivity contribution in [2.24, 2.45) is 5.92 Å². The number of carbonyl (C=O) groups excluding carboxylic acids is 2. The fraction of sp³-hybridized carbons (Fsp3) is 0.429. The van der Waals surface area contributed by atoms with Gasteiger partial charge in [0, 0.05) is 24.8 Å². The summed E-state index contributed by atoms with van der Waals surface area (Å²) in [6, 6.07) is 8.53. The van der Waals surface area contributed by atoms with E-state index in [0.29, 0.717) is 30.3 Å². The molecule has 7 heteroatoms. The number of aromatic nitrogens is 1. The van der Waals surface area contributed by atoms with E-state index in [1.807, 2.05) is 48.9 Å². The highest BCUT2D eigenvalue weighted by Crippen LogP contribution is 2.24. The van der Waals surface area contributed by atoms with Gasteiger partial charge in [-0.05, 0) is 36.2 Å². The van der Waals surface area contributed by atoms with Gasteiger partial charge in [0.1, 0.15) is 23.2 Å². The van der Waals surface area contributed by atoms with Gasteiger partial charge in [0.15, 0.2) is 0 Å². The van der Waals surface area contributed by atoms with E-state index in [-0.39, 0.29) is 24.3 Å². The number of amides is 2. The number of fused-ring (bicyclic) bond motifs is 1. The third-order valence-corrected chi connectivity index (χ3v) is 4.86. The molecule has 2 heterocycles. The lowest BCUT2D eigenvalue weighted by Gasteiger charge is -2.36. The van der Waals surface area contributed by atoms with Crippen LogP contribution in [0.2, 0.25) is 0 Å². The second-order valence-corrected chi connectivity index (χ2v) is 7.31. The average molecular weight is 385 g/mol. The minimum Gasteiger partial charge on any atom is -0.497 e. The van der Waals surface area contributed by atoms with Crippen LogP contribution >= 0.6 is 0 Å². The summed E-state index contributed by atoms with van der Waals surface area (Å²) in [5.74, 6) is 1.34. The van der Waals surface area contributed by atoms with Crippen molar-refractivity contribution < 1.29 is 19.1 Å². The Kier molecular flexibility index (Phi) is 5.92. The Hall–Kier alpha value is -2.96. The number of nitrogens with zero attached hydrogens (tertiary/aromatic N) is 2. The molecular formula is C21H27N3O4. The maximum Gasteiger partial charge on any atom is 0.271 e. The monoisotopic (exact) mass is 385 g/mol. The highest BCUT2D eigenvalue weighted by Gasteiger charge is 2.36. The molecule has 28 heavy (non-hydrogen) atoms. The molecule has 1 N–H and O–H groups in total. The number of hydrogen-bond donors (Lipinski definition) is 1. The van der Waals surface area contributed by atoms with Crippen LogP contribution in [0.25, 0.3) is 0 Å². The zero-order chi connectivity index (χ0) is 20.3. The van der Waals surface area contributed by atoms with E-state index < -0.39 is 6.04 Å². The molecule has 1 atom stereocenters. The lowest BCUT2D eigenvalue weighted by Crippen LogP contribution is -2.55. The molecular weight excluding hydrogens is 358 g/mol. The summed E-state index contributed by atoms with van der Waals surface area (Å²) >= 11 is 0. The van der Waals surface area contributed by atoms with E-state index in [1.54, 1.807) is 25.2 Å². The van der Waals surface area contributed by atoms with Crippen molar-refractivity contribution >= 4 is 11.8 Å². The van der Waals surface area contributed by atoms with Crippen LogP contribution < -0.4 is 14.8 Å². The molecule has 0 fully saturated rings. The molecule has 1 aliphatic heterocycles. The molecule has 0 spiro atoms. The zero-order valence-corrected chi connectivity index (χ0v) is 16.8. The number of nitrogens with one attached hydrogen (secondary N) is 1. The lowest BCUT2D eigenvalue weighted by molar-refractivity contribution is -0.126. The van der Waals surface area contributed by atoms with E-state index in [4.69, 9.17) is 9.47 Å². The summed E-state index contributed by atoms with van der Waals surface area (Å²) in [5.41, 5.74) is 1.44. The first kappa shape index (κ1) is 19.8. The van der Waals surface area contributed by atoms with Gasteiger partial charge >= 0.3 is 0 Å². The predicted molar refractivity (Wildman–Crippen MR) is 105 cm³/mol. The molecule has 0 bridgehead atoms. The van der Waals surface area contributed by atoms with Gasteiger partial charge in [-0.2, -0.15) is 0 Å². The van der Waals surface area contributed by atoms with Gasteiger partial charge in [0.05, 0.1) is 20.8 Å². The second-order valence-electron chi connectivity index (χ2n) is 7.31. The molecule has 0 radical (unpaired) electrons. The standard InChI is InChI=1S/C21H27N3O4/c1-14(2)12-24-18(13-23-9-5-6-17(23)21(24)26)20(25)22-11-15-10-16(27-3)7-8-19(15)28-4/h5-10,14,18H,11-13H2,1-4H3,(H,22,25). The van der Waals surface area contributed by atoms with Crippen LogP contribution in [0, 0.1) is 5.92 Å². The SMILES string of the molecule is COc1ccc(OC)c(CNC(=O)C2Cn3cccc3C(=O)N2CC(C)C)c1. The normalized spacial score (nSPS) is 16.1. The predicted octanol–water partition coefficient (Wildman–Crippen LogP) is 2.30. The number of ether oxygens (including phenoxy) is 2. The number of methoxy groups -OCH3 is 2. The number of hydrogen-bond acceptors (Lipinski definition) is 4. The Balaban J connectivity index is 1.78. The first-order valence-electron chi connectivity index (χ1n) is 9.39. The van der Waals surface area contributed by atoms with E-state index in [2.05, 4.69) is 5.32 Å². The number of benzene rings is 1. The van der Waals surface area contributed by atoms with E-state index in [0.717, 1.165) is 5.56 Å². The van der Waals surface area contributed by atoms with Crippen LogP contribution in [-0.2, 0) is 17.9 Å². The number of carbonyl (C=O) groups is 2. The van der Waals surface area contributed by atoms with Crippen molar-refractivity contribution in [3.63, 3.8) is 0 Å². The molecule has 3 rings (SSSR count). The first-order valence-corrected chi connectivity index (χ1v) is 9.39. The Morgan fingerprint density at radius 2 is 2.04 bits per heavy atom. The van der Waals surface area contributed by atoms with Crippen LogP contribution in [0.4, 0.5) is 0 Å². The summed E-state index contributed by atoms with van der Waals surface area (Å²) in [6.45, 7) is 5.35. The van der Waals surface area contributed by atoms with Crippen LogP contribution in [0.3, 0.4) is 0 Å². The Morgan fingerprint density at radius 3 is 2.71 bits per heavy atom. The molecule has 1 aliphatic rings. The molecule has 2 amide bonds.